The first kappa shape index (κ1) is 27.3. The number of carbonyl (C=O) groups is 2. The second kappa shape index (κ2) is 9.37. The summed E-state index contributed by atoms with van der Waals surface area (Å²) in [6.07, 6.45) is 3.31. The number of hydrogen-bond donors (Lipinski definition) is 0. The number of hydrogen-bond acceptors (Lipinski definition) is 6. The molecule has 4 unspecified atom stereocenters. The van der Waals surface area contributed by atoms with Gasteiger partial charge < -0.3 is 4.74 Å². The molecule has 1 fully saturated rings. The average Bonchev–Trinajstić information content (AvgIpc) is 2.65. The Morgan fingerprint density at radius 3 is 2.21 bits per heavy atom. The van der Waals surface area contributed by atoms with Crippen molar-refractivity contribution in [1.82, 2.24) is 0 Å². The average molecular weight is 493 g/mol. The molecule has 0 saturated heterocycles. The van der Waals surface area contributed by atoms with Crippen molar-refractivity contribution < 1.29 is 40.1 Å². The van der Waals surface area contributed by atoms with Crippen LogP contribution in [0.4, 0.5) is 13.2 Å². The van der Waals surface area contributed by atoms with E-state index in [9.17, 15) is 31.2 Å². The maximum absolute atomic E-state index is 13.7. The van der Waals surface area contributed by atoms with Gasteiger partial charge >= 0.3 is 15.6 Å². The summed E-state index contributed by atoms with van der Waals surface area (Å²) in [5.41, 5.74) is -6.81. The zero-order chi connectivity index (χ0) is 25.4. The number of ether oxygens (including phenoxy) is 1. The lowest BCUT2D eigenvalue weighted by Gasteiger charge is -2.53. The molecular weight excluding hydrogens is 461 g/mol. The van der Waals surface area contributed by atoms with Crippen molar-refractivity contribution in [2.75, 3.05) is 7.11 Å². The lowest BCUT2D eigenvalue weighted by atomic mass is 9.50. The molecule has 0 spiro atoms. The summed E-state index contributed by atoms with van der Waals surface area (Å²) < 4.78 is 73.8. The van der Waals surface area contributed by atoms with Gasteiger partial charge in [-0.1, -0.05) is 30.2 Å². The molecule has 1 saturated carbocycles. The molecule has 2 rings (SSSR count). The van der Waals surface area contributed by atoms with Crippen LogP contribution in [0.25, 0.3) is 0 Å². The highest BCUT2D eigenvalue weighted by Gasteiger charge is 2.66. The van der Waals surface area contributed by atoms with Gasteiger partial charge in [0.15, 0.2) is 11.6 Å². The summed E-state index contributed by atoms with van der Waals surface area (Å²) in [5, 5.41) is 0. The minimum Gasteiger partial charge on any atom is -0.500 e. The van der Waals surface area contributed by atoms with Crippen LogP contribution in [-0.4, -0.2) is 38.7 Å². The van der Waals surface area contributed by atoms with E-state index in [-0.39, 0.29) is 25.0 Å². The number of fused-ring (bicyclic) bond motifs is 2. The van der Waals surface area contributed by atoms with Crippen molar-refractivity contribution in [2.45, 2.75) is 71.9 Å². The summed E-state index contributed by atoms with van der Waals surface area (Å²) in [6, 6.07) is 0. The summed E-state index contributed by atoms with van der Waals surface area (Å²) >= 11 is 0. The van der Waals surface area contributed by atoms with E-state index in [1.54, 1.807) is 19.9 Å². The minimum atomic E-state index is -5.97. The molecule has 0 N–H and O–H groups in total. The van der Waals surface area contributed by atoms with E-state index in [0.29, 0.717) is 6.42 Å². The molecule has 0 radical (unpaired) electrons. The molecule has 0 amide bonds. The van der Waals surface area contributed by atoms with E-state index in [0.717, 1.165) is 11.1 Å². The van der Waals surface area contributed by atoms with Crippen molar-refractivity contribution in [3.63, 3.8) is 0 Å². The zero-order valence-corrected chi connectivity index (χ0v) is 20.5. The van der Waals surface area contributed by atoms with Gasteiger partial charge in [0.25, 0.3) is 0 Å². The fraction of sp³-hybridized carbons (Fsp3) is 0.652. The first-order chi connectivity index (χ1) is 15.0. The smallest absolute Gasteiger partial charge is 0.500 e. The Hall–Kier alpha value is -1.94. The van der Waals surface area contributed by atoms with Gasteiger partial charge in [-0.25, -0.2) is 0 Å². The summed E-state index contributed by atoms with van der Waals surface area (Å²) in [5.74, 6) is -2.44. The Morgan fingerprint density at radius 2 is 1.73 bits per heavy atom. The third-order valence-electron chi connectivity index (χ3n) is 6.53. The first-order valence-corrected chi connectivity index (χ1v) is 12.0. The standard InChI is InChI=1S/C23H31F3O6S/c1-14(2)8-7-10-21(5)18(32-33(29,30)23(24,25)26)13-22(11-9-15(3)4)17(31-6)12-16(27)19(21)20(22)28/h8-9,12,18-19H,7,10-11,13H2,1-6H3. The number of allylic oxidation sites excluding steroid dienone is 6. The molecule has 4 atom stereocenters. The maximum atomic E-state index is 13.7. The monoisotopic (exact) mass is 492 g/mol. The van der Waals surface area contributed by atoms with Gasteiger partial charge in [0.2, 0.25) is 0 Å². The summed E-state index contributed by atoms with van der Waals surface area (Å²) in [4.78, 5) is 26.8. The molecule has 33 heavy (non-hydrogen) atoms. The SMILES string of the molecule is COC1=CC(=O)C2C(=O)C1(CC=C(C)C)CC(OS(=O)(=O)C(F)(F)F)C2(C)CCC=C(C)C. The highest BCUT2D eigenvalue weighted by molar-refractivity contribution is 7.87. The number of rotatable bonds is 8. The topological polar surface area (TPSA) is 86.7 Å². The molecule has 186 valence electrons. The van der Waals surface area contributed by atoms with Crippen LogP contribution in [0.2, 0.25) is 0 Å². The quantitative estimate of drug-likeness (QED) is 0.205. The lowest BCUT2D eigenvalue weighted by Crippen LogP contribution is -2.62. The predicted molar refractivity (Wildman–Crippen MR) is 116 cm³/mol. The number of carbonyl (C=O) groups excluding carboxylic acids is 2. The lowest BCUT2D eigenvalue weighted by molar-refractivity contribution is -0.162. The van der Waals surface area contributed by atoms with E-state index in [2.05, 4.69) is 0 Å². The molecule has 0 aromatic heterocycles. The van der Waals surface area contributed by atoms with E-state index < -0.39 is 50.0 Å². The Balaban J connectivity index is 2.71. The van der Waals surface area contributed by atoms with Crippen LogP contribution >= 0.6 is 0 Å². The van der Waals surface area contributed by atoms with Crippen molar-refractivity contribution >= 4 is 21.7 Å². The van der Waals surface area contributed by atoms with Gasteiger partial charge in [-0.05, 0) is 53.4 Å². The van der Waals surface area contributed by atoms with Crippen LogP contribution in [0, 0.1) is 16.7 Å². The number of halogens is 3. The number of ketones is 2. The summed E-state index contributed by atoms with van der Waals surface area (Å²) in [6.45, 7) is 8.70. The number of Topliss-reactive ketones (excluding diaryl/α,β-unsaturated/α-hetero) is 1. The zero-order valence-electron chi connectivity index (χ0n) is 19.7. The van der Waals surface area contributed by atoms with Crippen LogP contribution in [-0.2, 0) is 28.6 Å². The van der Waals surface area contributed by atoms with Crippen LogP contribution in [0.3, 0.4) is 0 Å². The summed E-state index contributed by atoms with van der Waals surface area (Å²) in [7, 11) is -4.71. The van der Waals surface area contributed by atoms with Crippen molar-refractivity contribution in [3.05, 3.63) is 35.1 Å². The second-order valence-electron chi connectivity index (χ2n) is 9.49. The van der Waals surface area contributed by atoms with Crippen LogP contribution < -0.4 is 0 Å². The maximum Gasteiger partial charge on any atom is 0.523 e. The fourth-order valence-electron chi connectivity index (χ4n) is 4.68. The van der Waals surface area contributed by atoms with Gasteiger partial charge in [-0.15, -0.1) is 0 Å². The third-order valence-corrected chi connectivity index (χ3v) is 7.59. The largest absolute Gasteiger partial charge is 0.523 e. The molecule has 10 heteroatoms. The van der Waals surface area contributed by atoms with Gasteiger partial charge in [-0.2, -0.15) is 21.6 Å². The molecule has 2 aliphatic carbocycles. The van der Waals surface area contributed by atoms with Crippen molar-refractivity contribution in [2.24, 2.45) is 16.7 Å². The van der Waals surface area contributed by atoms with Gasteiger partial charge in [0.1, 0.15) is 5.76 Å². The molecule has 0 aliphatic heterocycles. The molecule has 0 aromatic carbocycles. The fourth-order valence-corrected chi connectivity index (χ4v) is 5.39. The molecule has 0 heterocycles. The molecule has 2 aliphatic rings. The highest BCUT2D eigenvalue weighted by atomic mass is 32.2. The number of alkyl halides is 3. The molecular formula is C23H31F3O6S. The Morgan fingerprint density at radius 1 is 1.15 bits per heavy atom. The second-order valence-corrected chi connectivity index (χ2v) is 11.1. The predicted octanol–water partition coefficient (Wildman–Crippen LogP) is 5.02. The van der Waals surface area contributed by atoms with Crippen LogP contribution in [0.15, 0.2) is 35.1 Å². The highest BCUT2D eigenvalue weighted by Crippen LogP contribution is 2.58. The van der Waals surface area contributed by atoms with E-state index in [1.807, 2.05) is 19.9 Å². The van der Waals surface area contributed by atoms with Gasteiger partial charge in [0, 0.05) is 11.5 Å². The van der Waals surface area contributed by atoms with Crippen molar-refractivity contribution in [1.29, 1.82) is 0 Å². The van der Waals surface area contributed by atoms with Gasteiger partial charge in [-0.3, -0.25) is 13.8 Å². The van der Waals surface area contributed by atoms with Crippen molar-refractivity contribution in [3.8, 4) is 0 Å². The minimum absolute atomic E-state index is 0.00982. The van der Waals surface area contributed by atoms with E-state index in [4.69, 9.17) is 8.92 Å². The Bertz CT molecular complexity index is 1000. The first-order valence-electron chi connectivity index (χ1n) is 10.6. The molecule has 0 aromatic rings. The van der Waals surface area contributed by atoms with Crippen LogP contribution in [0.1, 0.15) is 60.3 Å². The van der Waals surface area contributed by atoms with E-state index >= 15 is 0 Å². The Labute approximate surface area is 193 Å². The molecule has 6 nitrogen and oxygen atoms in total. The van der Waals surface area contributed by atoms with Crippen LogP contribution in [0.5, 0.6) is 0 Å². The van der Waals surface area contributed by atoms with E-state index in [1.165, 1.54) is 20.1 Å². The number of methoxy groups -OCH3 is 1. The normalized spacial score (nSPS) is 29.9. The molecule has 2 bridgehead atoms. The third kappa shape index (κ3) is 5.11. The Kier molecular flexibility index (Phi) is 7.75. The van der Waals surface area contributed by atoms with Gasteiger partial charge in [0.05, 0.1) is 24.5 Å².